The Bertz CT molecular complexity index is 422. The lowest BCUT2D eigenvalue weighted by Crippen LogP contribution is -2.37. The lowest BCUT2D eigenvalue weighted by atomic mass is 9.94. The van der Waals surface area contributed by atoms with Crippen LogP contribution < -0.4 is 5.32 Å². The van der Waals surface area contributed by atoms with Gasteiger partial charge in [-0.15, -0.1) is 0 Å². The topological polar surface area (TPSA) is 29.9 Å². The Morgan fingerprint density at radius 3 is 2.55 bits per heavy atom. The highest BCUT2D eigenvalue weighted by Gasteiger charge is 2.27. The summed E-state index contributed by atoms with van der Waals surface area (Å²) in [4.78, 5) is 0. The first kappa shape index (κ1) is 16.0. The second-order valence-corrected chi connectivity index (χ2v) is 6.58. The lowest BCUT2D eigenvalue weighted by molar-refractivity contribution is 0.354. The minimum Gasteiger partial charge on any atom is -0.314 e. The SMILES string of the molecule is CCNC(Cc1c(Br)c(CC)nn1CC)C1CCCC1. The monoisotopic (exact) mass is 341 g/mol. The molecule has 1 aliphatic carbocycles. The second-order valence-electron chi connectivity index (χ2n) is 5.79. The first-order valence-corrected chi connectivity index (χ1v) is 8.97. The summed E-state index contributed by atoms with van der Waals surface area (Å²) in [5.74, 6) is 0.840. The number of aryl methyl sites for hydroxylation is 2. The van der Waals surface area contributed by atoms with Crippen LogP contribution in [0.2, 0.25) is 0 Å². The molecule has 114 valence electrons. The van der Waals surface area contributed by atoms with E-state index in [2.05, 4.69) is 46.7 Å². The van der Waals surface area contributed by atoms with E-state index in [0.717, 1.165) is 31.8 Å². The first-order chi connectivity index (χ1) is 9.71. The summed E-state index contributed by atoms with van der Waals surface area (Å²) in [5.41, 5.74) is 2.57. The zero-order valence-corrected chi connectivity index (χ0v) is 14.7. The van der Waals surface area contributed by atoms with Gasteiger partial charge in [0.05, 0.1) is 15.9 Å². The van der Waals surface area contributed by atoms with E-state index in [1.165, 1.54) is 41.5 Å². The van der Waals surface area contributed by atoms with Crippen molar-refractivity contribution in [3.63, 3.8) is 0 Å². The molecule has 1 unspecified atom stereocenters. The molecule has 1 aliphatic rings. The highest BCUT2D eigenvalue weighted by Crippen LogP contribution is 2.31. The second kappa shape index (κ2) is 7.60. The smallest absolute Gasteiger partial charge is 0.0766 e. The predicted octanol–water partition coefficient (Wildman–Crippen LogP) is 3.94. The van der Waals surface area contributed by atoms with Gasteiger partial charge in [-0.3, -0.25) is 4.68 Å². The van der Waals surface area contributed by atoms with Gasteiger partial charge in [0.25, 0.3) is 0 Å². The summed E-state index contributed by atoms with van der Waals surface area (Å²) >= 11 is 3.78. The van der Waals surface area contributed by atoms with Crippen molar-refractivity contribution in [2.24, 2.45) is 5.92 Å². The molecule has 0 spiro atoms. The summed E-state index contributed by atoms with van der Waals surface area (Å²) in [7, 11) is 0. The Labute approximate surface area is 131 Å². The Morgan fingerprint density at radius 1 is 1.30 bits per heavy atom. The van der Waals surface area contributed by atoms with Crippen LogP contribution in [0.4, 0.5) is 0 Å². The van der Waals surface area contributed by atoms with Gasteiger partial charge in [0, 0.05) is 19.0 Å². The van der Waals surface area contributed by atoms with E-state index >= 15 is 0 Å². The molecule has 0 aromatic carbocycles. The number of hydrogen-bond acceptors (Lipinski definition) is 2. The van der Waals surface area contributed by atoms with Gasteiger partial charge < -0.3 is 5.32 Å². The summed E-state index contributed by atoms with van der Waals surface area (Å²) in [5, 5.41) is 8.45. The number of nitrogens with zero attached hydrogens (tertiary/aromatic N) is 2. The molecule has 0 saturated heterocycles. The van der Waals surface area contributed by atoms with Crippen molar-refractivity contribution in [1.29, 1.82) is 0 Å². The maximum atomic E-state index is 4.73. The number of hydrogen-bond donors (Lipinski definition) is 1. The Hall–Kier alpha value is -0.350. The Morgan fingerprint density at radius 2 is 2.00 bits per heavy atom. The fourth-order valence-corrected chi connectivity index (χ4v) is 4.17. The van der Waals surface area contributed by atoms with Crippen molar-refractivity contribution in [2.75, 3.05) is 6.54 Å². The Kier molecular flexibility index (Phi) is 6.09. The molecule has 1 atom stereocenters. The van der Waals surface area contributed by atoms with Crippen LogP contribution in [-0.2, 0) is 19.4 Å². The van der Waals surface area contributed by atoms with Crippen molar-refractivity contribution in [2.45, 2.75) is 71.9 Å². The zero-order chi connectivity index (χ0) is 14.5. The normalized spacial score (nSPS) is 17.8. The van der Waals surface area contributed by atoms with Crippen LogP contribution in [-0.4, -0.2) is 22.4 Å². The Balaban J connectivity index is 2.18. The van der Waals surface area contributed by atoms with Crippen LogP contribution in [0, 0.1) is 5.92 Å². The molecule has 1 saturated carbocycles. The molecular weight excluding hydrogens is 314 g/mol. The minimum absolute atomic E-state index is 0.602. The van der Waals surface area contributed by atoms with Crippen molar-refractivity contribution >= 4 is 15.9 Å². The van der Waals surface area contributed by atoms with Crippen LogP contribution in [0.5, 0.6) is 0 Å². The standard InChI is InChI=1S/C16H28BrN3/c1-4-13-16(17)15(20(6-3)19-13)11-14(18-5-2)12-9-7-8-10-12/h12,14,18H,4-11H2,1-3H3. The van der Waals surface area contributed by atoms with Crippen LogP contribution in [0.15, 0.2) is 4.47 Å². The van der Waals surface area contributed by atoms with E-state index in [1.54, 1.807) is 0 Å². The summed E-state index contributed by atoms with van der Waals surface area (Å²) in [6.07, 6.45) is 7.67. The molecule has 0 bridgehead atoms. The average Bonchev–Trinajstić information content (AvgIpc) is 3.07. The molecular formula is C16H28BrN3. The summed E-state index contributed by atoms with van der Waals surface area (Å²) in [6.45, 7) is 8.58. The average molecular weight is 342 g/mol. The van der Waals surface area contributed by atoms with Gasteiger partial charge in [-0.05, 0) is 54.6 Å². The van der Waals surface area contributed by atoms with E-state index in [0.29, 0.717) is 6.04 Å². The molecule has 0 amide bonds. The molecule has 2 rings (SSSR count). The van der Waals surface area contributed by atoms with Crippen molar-refractivity contribution < 1.29 is 0 Å². The van der Waals surface area contributed by atoms with Gasteiger partial charge in [-0.25, -0.2) is 0 Å². The highest BCUT2D eigenvalue weighted by atomic mass is 79.9. The first-order valence-electron chi connectivity index (χ1n) is 8.18. The van der Waals surface area contributed by atoms with Gasteiger partial charge in [-0.1, -0.05) is 26.7 Å². The molecule has 1 aromatic heterocycles. The third kappa shape index (κ3) is 3.45. The third-order valence-electron chi connectivity index (χ3n) is 4.54. The molecule has 3 nitrogen and oxygen atoms in total. The van der Waals surface area contributed by atoms with Crippen LogP contribution in [0.25, 0.3) is 0 Å². The van der Waals surface area contributed by atoms with Gasteiger partial charge >= 0.3 is 0 Å². The molecule has 1 N–H and O–H groups in total. The van der Waals surface area contributed by atoms with Gasteiger partial charge in [0.2, 0.25) is 0 Å². The summed E-state index contributed by atoms with van der Waals surface area (Å²) < 4.78 is 3.42. The number of nitrogens with one attached hydrogen (secondary N) is 1. The van der Waals surface area contributed by atoms with Gasteiger partial charge in [-0.2, -0.15) is 5.10 Å². The van der Waals surface area contributed by atoms with E-state index in [-0.39, 0.29) is 0 Å². The fourth-order valence-electron chi connectivity index (χ4n) is 3.45. The van der Waals surface area contributed by atoms with Crippen LogP contribution >= 0.6 is 15.9 Å². The molecule has 0 aliphatic heterocycles. The van der Waals surface area contributed by atoms with Gasteiger partial charge in [0.15, 0.2) is 0 Å². The van der Waals surface area contributed by atoms with Gasteiger partial charge in [0.1, 0.15) is 0 Å². The molecule has 1 heterocycles. The quantitative estimate of drug-likeness (QED) is 0.813. The minimum atomic E-state index is 0.602. The maximum Gasteiger partial charge on any atom is 0.0766 e. The predicted molar refractivity (Wildman–Crippen MR) is 88.1 cm³/mol. The largest absolute Gasteiger partial charge is 0.314 e. The number of likely N-dealkylation sites (N-methyl/N-ethyl adjacent to an activating group) is 1. The molecule has 1 aromatic rings. The molecule has 0 radical (unpaired) electrons. The van der Waals surface area contributed by atoms with E-state index in [1.807, 2.05) is 0 Å². The fraction of sp³-hybridized carbons (Fsp3) is 0.812. The zero-order valence-electron chi connectivity index (χ0n) is 13.1. The van der Waals surface area contributed by atoms with Crippen LogP contribution in [0.3, 0.4) is 0 Å². The van der Waals surface area contributed by atoms with Crippen molar-refractivity contribution in [1.82, 2.24) is 15.1 Å². The lowest BCUT2D eigenvalue weighted by Gasteiger charge is -2.24. The van der Waals surface area contributed by atoms with E-state index in [4.69, 9.17) is 5.10 Å². The van der Waals surface area contributed by atoms with Crippen molar-refractivity contribution in [3.05, 3.63) is 15.9 Å². The maximum absolute atomic E-state index is 4.73. The molecule has 4 heteroatoms. The highest BCUT2D eigenvalue weighted by molar-refractivity contribution is 9.10. The van der Waals surface area contributed by atoms with Crippen LogP contribution in [0.1, 0.15) is 57.8 Å². The summed E-state index contributed by atoms with van der Waals surface area (Å²) in [6, 6.07) is 0.602. The van der Waals surface area contributed by atoms with Crippen molar-refractivity contribution in [3.8, 4) is 0 Å². The third-order valence-corrected chi connectivity index (χ3v) is 5.46. The molecule has 20 heavy (non-hydrogen) atoms. The number of aromatic nitrogens is 2. The number of rotatable bonds is 7. The number of halogens is 1. The molecule has 1 fully saturated rings. The van der Waals surface area contributed by atoms with E-state index in [9.17, 15) is 0 Å². The van der Waals surface area contributed by atoms with E-state index < -0.39 is 0 Å².